The molecule has 0 saturated carbocycles. The van der Waals surface area contributed by atoms with Gasteiger partial charge < -0.3 is 5.32 Å². The van der Waals surface area contributed by atoms with Crippen molar-refractivity contribution in [3.63, 3.8) is 0 Å². The molecule has 16 heavy (non-hydrogen) atoms. The fourth-order valence-corrected chi connectivity index (χ4v) is 1.98. The van der Waals surface area contributed by atoms with Crippen LogP contribution in [0, 0.1) is 5.92 Å². The molecule has 1 N–H and O–H groups in total. The number of rotatable bonds is 6. The number of hydrogen-bond acceptors (Lipinski definition) is 1. The van der Waals surface area contributed by atoms with Gasteiger partial charge in [0.25, 0.3) is 0 Å². The standard InChI is InChI=1S/C14H22ClN/c1-4-10-16-14(11(3)5-2)12-6-8-13(15)9-7-12/h6-9,11,14,16H,4-5,10H2,1-3H3. The van der Waals surface area contributed by atoms with Gasteiger partial charge in [0.1, 0.15) is 0 Å². The highest BCUT2D eigenvalue weighted by molar-refractivity contribution is 6.30. The Balaban J connectivity index is 2.78. The second kappa shape index (κ2) is 6.93. The average molecular weight is 240 g/mol. The maximum Gasteiger partial charge on any atom is 0.0406 e. The number of halogens is 1. The quantitative estimate of drug-likeness (QED) is 0.775. The predicted octanol–water partition coefficient (Wildman–Crippen LogP) is 4.43. The molecule has 1 nitrogen and oxygen atoms in total. The van der Waals surface area contributed by atoms with Crippen molar-refractivity contribution >= 4 is 11.6 Å². The molecule has 0 aliphatic carbocycles. The third kappa shape index (κ3) is 3.80. The molecule has 0 amide bonds. The molecule has 1 aromatic carbocycles. The van der Waals surface area contributed by atoms with Crippen LogP contribution in [0.4, 0.5) is 0 Å². The van der Waals surface area contributed by atoms with Crippen molar-refractivity contribution in [3.8, 4) is 0 Å². The molecule has 2 heteroatoms. The lowest BCUT2D eigenvalue weighted by atomic mass is 9.92. The monoisotopic (exact) mass is 239 g/mol. The molecular formula is C14H22ClN. The third-order valence-electron chi connectivity index (χ3n) is 3.06. The lowest BCUT2D eigenvalue weighted by molar-refractivity contribution is 0.377. The third-order valence-corrected chi connectivity index (χ3v) is 3.31. The molecule has 0 aromatic heterocycles. The molecule has 0 aliphatic rings. The fraction of sp³-hybridized carbons (Fsp3) is 0.571. The molecule has 1 aromatic rings. The molecule has 0 aliphatic heterocycles. The smallest absolute Gasteiger partial charge is 0.0406 e. The summed E-state index contributed by atoms with van der Waals surface area (Å²) in [6.45, 7) is 7.79. The Morgan fingerprint density at radius 2 is 1.81 bits per heavy atom. The Kier molecular flexibility index (Phi) is 5.86. The van der Waals surface area contributed by atoms with Crippen molar-refractivity contribution in [2.45, 2.75) is 39.7 Å². The van der Waals surface area contributed by atoms with E-state index in [1.165, 1.54) is 18.4 Å². The second-order valence-corrected chi connectivity index (χ2v) is 4.81. The molecule has 2 unspecified atom stereocenters. The van der Waals surface area contributed by atoms with E-state index in [1.807, 2.05) is 12.1 Å². The van der Waals surface area contributed by atoms with Crippen molar-refractivity contribution in [3.05, 3.63) is 34.9 Å². The van der Waals surface area contributed by atoms with E-state index in [-0.39, 0.29) is 0 Å². The van der Waals surface area contributed by atoms with Gasteiger partial charge in [0.05, 0.1) is 0 Å². The Labute approximate surface area is 104 Å². The fourth-order valence-electron chi connectivity index (χ4n) is 1.85. The van der Waals surface area contributed by atoms with Crippen molar-refractivity contribution in [1.29, 1.82) is 0 Å². The van der Waals surface area contributed by atoms with Gasteiger partial charge in [-0.1, -0.05) is 50.9 Å². The zero-order valence-electron chi connectivity index (χ0n) is 10.5. The van der Waals surface area contributed by atoms with E-state index in [0.29, 0.717) is 12.0 Å². The lowest BCUT2D eigenvalue weighted by Crippen LogP contribution is -2.27. The summed E-state index contributed by atoms with van der Waals surface area (Å²) in [4.78, 5) is 0. The van der Waals surface area contributed by atoms with Crippen LogP contribution in [0.2, 0.25) is 5.02 Å². The number of benzene rings is 1. The van der Waals surface area contributed by atoms with Crippen LogP contribution in [0.15, 0.2) is 24.3 Å². The minimum absolute atomic E-state index is 0.446. The summed E-state index contributed by atoms with van der Waals surface area (Å²) >= 11 is 5.91. The van der Waals surface area contributed by atoms with Crippen LogP contribution in [0.25, 0.3) is 0 Å². The van der Waals surface area contributed by atoms with Crippen LogP contribution < -0.4 is 5.32 Å². The minimum Gasteiger partial charge on any atom is -0.310 e. The van der Waals surface area contributed by atoms with Crippen molar-refractivity contribution in [2.75, 3.05) is 6.54 Å². The van der Waals surface area contributed by atoms with E-state index >= 15 is 0 Å². The summed E-state index contributed by atoms with van der Waals surface area (Å²) in [5.74, 6) is 0.646. The van der Waals surface area contributed by atoms with E-state index in [9.17, 15) is 0 Å². The summed E-state index contributed by atoms with van der Waals surface area (Å²) in [6, 6.07) is 8.64. The van der Waals surface area contributed by atoms with Gasteiger partial charge in [-0.25, -0.2) is 0 Å². The summed E-state index contributed by atoms with van der Waals surface area (Å²) in [5, 5.41) is 4.42. The van der Waals surface area contributed by atoms with E-state index in [0.717, 1.165) is 11.6 Å². The lowest BCUT2D eigenvalue weighted by Gasteiger charge is -2.24. The Hall–Kier alpha value is -0.530. The molecule has 90 valence electrons. The first-order valence-corrected chi connectivity index (χ1v) is 6.55. The maximum absolute atomic E-state index is 5.91. The van der Waals surface area contributed by atoms with Crippen LogP contribution in [0.1, 0.15) is 45.2 Å². The summed E-state index contributed by atoms with van der Waals surface area (Å²) < 4.78 is 0. The zero-order chi connectivity index (χ0) is 12.0. The average Bonchev–Trinajstić information content (AvgIpc) is 2.31. The van der Waals surface area contributed by atoms with Crippen LogP contribution in [-0.2, 0) is 0 Å². The van der Waals surface area contributed by atoms with Crippen LogP contribution in [0.5, 0.6) is 0 Å². The second-order valence-electron chi connectivity index (χ2n) is 4.37. The summed E-state index contributed by atoms with van der Waals surface area (Å²) in [6.07, 6.45) is 2.35. The van der Waals surface area contributed by atoms with E-state index in [1.54, 1.807) is 0 Å². The Morgan fingerprint density at radius 3 is 2.31 bits per heavy atom. The van der Waals surface area contributed by atoms with Gasteiger partial charge in [-0.2, -0.15) is 0 Å². The van der Waals surface area contributed by atoms with E-state index in [4.69, 9.17) is 11.6 Å². The van der Waals surface area contributed by atoms with E-state index in [2.05, 4.69) is 38.2 Å². The first kappa shape index (κ1) is 13.5. The highest BCUT2D eigenvalue weighted by atomic mass is 35.5. The molecule has 0 spiro atoms. The van der Waals surface area contributed by atoms with Crippen LogP contribution in [0.3, 0.4) is 0 Å². The van der Waals surface area contributed by atoms with Crippen molar-refractivity contribution in [2.24, 2.45) is 5.92 Å². The van der Waals surface area contributed by atoms with Gasteiger partial charge >= 0.3 is 0 Å². The molecule has 0 fully saturated rings. The maximum atomic E-state index is 5.91. The first-order valence-electron chi connectivity index (χ1n) is 6.17. The largest absolute Gasteiger partial charge is 0.310 e. The molecule has 2 atom stereocenters. The normalized spacial score (nSPS) is 14.8. The van der Waals surface area contributed by atoms with Gasteiger partial charge in [-0.3, -0.25) is 0 Å². The van der Waals surface area contributed by atoms with Crippen LogP contribution in [-0.4, -0.2) is 6.54 Å². The molecule has 0 heterocycles. The van der Waals surface area contributed by atoms with Crippen LogP contribution >= 0.6 is 11.6 Å². The summed E-state index contributed by atoms with van der Waals surface area (Å²) in [7, 11) is 0. The van der Waals surface area contributed by atoms with Crippen molar-refractivity contribution < 1.29 is 0 Å². The first-order chi connectivity index (χ1) is 7.69. The molecular weight excluding hydrogens is 218 g/mol. The van der Waals surface area contributed by atoms with Gasteiger partial charge in [0.15, 0.2) is 0 Å². The van der Waals surface area contributed by atoms with Crippen molar-refractivity contribution in [1.82, 2.24) is 5.32 Å². The van der Waals surface area contributed by atoms with Gasteiger partial charge in [-0.05, 0) is 36.6 Å². The zero-order valence-corrected chi connectivity index (χ0v) is 11.2. The highest BCUT2D eigenvalue weighted by Crippen LogP contribution is 2.25. The van der Waals surface area contributed by atoms with Gasteiger partial charge in [0, 0.05) is 11.1 Å². The molecule has 0 bridgehead atoms. The Bertz CT molecular complexity index is 294. The molecule has 0 radical (unpaired) electrons. The Morgan fingerprint density at radius 1 is 1.19 bits per heavy atom. The molecule has 0 saturated heterocycles. The van der Waals surface area contributed by atoms with Gasteiger partial charge in [0.2, 0.25) is 0 Å². The topological polar surface area (TPSA) is 12.0 Å². The molecule has 1 rings (SSSR count). The SMILES string of the molecule is CCCNC(c1ccc(Cl)cc1)C(C)CC. The summed E-state index contributed by atoms with van der Waals surface area (Å²) in [5.41, 5.74) is 1.34. The predicted molar refractivity (Wildman–Crippen MR) is 71.9 cm³/mol. The number of hydrogen-bond donors (Lipinski definition) is 1. The van der Waals surface area contributed by atoms with E-state index < -0.39 is 0 Å². The van der Waals surface area contributed by atoms with Gasteiger partial charge in [-0.15, -0.1) is 0 Å². The number of nitrogens with one attached hydrogen (secondary N) is 1. The highest BCUT2D eigenvalue weighted by Gasteiger charge is 2.16. The minimum atomic E-state index is 0.446.